The predicted octanol–water partition coefficient (Wildman–Crippen LogP) is 0.958. The molecule has 1 saturated heterocycles. The molecular formula is C11H15N5O. The van der Waals surface area contributed by atoms with Crippen LogP contribution in [0.25, 0.3) is 0 Å². The highest BCUT2D eigenvalue weighted by Crippen LogP contribution is 2.27. The van der Waals surface area contributed by atoms with Crippen molar-refractivity contribution >= 4 is 11.9 Å². The minimum Gasteiger partial charge on any atom is -0.306 e. The fourth-order valence-electron chi connectivity index (χ4n) is 2.07. The fraction of sp³-hybridized carbons (Fsp3) is 0.364. The standard InChI is InChI=1S/C11H15N5O/c1-4-5-16-9(10(12)13-11(16)17)8-6-15(3)14-7(8)2/h4,6,9H,1,5H2,2-3H3,(H2,12,13,17). The van der Waals surface area contributed by atoms with Crippen LogP contribution < -0.4 is 5.32 Å². The summed E-state index contributed by atoms with van der Waals surface area (Å²) in [5.74, 6) is 0.188. The molecule has 1 aromatic heterocycles. The number of carbonyl (C=O) groups is 1. The van der Waals surface area contributed by atoms with Gasteiger partial charge in [-0.15, -0.1) is 6.58 Å². The molecule has 2 rings (SSSR count). The molecule has 0 bridgehead atoms. The molecule has 1 aromatic rings. The van der Waals surface area contributed by atoms with Crippen LogP contribution >= 0.6 is 0 Å². The third-order valence-electron chi connectivity index (χ3n) is 2.76. The largest absolute Gasteiger partial charge is 0.323 e. The Hall–Kier alpha value is -2.11. The smallest absolute Gasteiger partial charge is 0.306 e. The van der Waals surface area contributed by atoms with Crippen molar-refractivity contribution in [2.75, 3.05) is 6.54 Å². The van der Waals surface area contributed by atoms with Gasteiger partial charge in [0, 0.05) is 25.4 Å². The van der Waals surface area contributed by atoms with Gasteiger partial charge in [0.2, 0.25) is 0 Å². The van der Waals surface area contributed by atoms with Gasteiger partial charge in [0.05, 0.1) is 5.69 Å². The maximum Gasteiger partial charge on any atom is 0.323 e. The summed E-state index contributed by atoms with van der Waals surface area (Å²) in [6.07, 6.45) is 3.49. The number of nitrogens with one attached hydrogen (secondary N) is 2. The molecule has 6 nitrogen and oxygen atoms in total. The summed E-state index contributed by atoms with van der Waals surface area (Å²) in [6, 6.07) is -0.641. The number of amidine groups is 1. The number of amides is 2. The van der Waals surface area contributed by atoms with Crippen LogP contribution in [0.2, 0.25) is 0 Å². The van der Waals surface area contributed by atoms with Crippen molar-refractivity contribution in [2.24, 2.45) is 7.05 Å². The quantitative estimate of drug-likeness (QED) is 0.763. The van der Waals surface area contributed by atoms with Crippen LogP contribution in [-0.4, -0.2) is 33.1 Å². The second kappa shape index (κ2) is 4.04. The van der Waals surface area contributed by atoms with Crippen molar-refractivity contribution in [2.45, 2.75) is 13.0 Å². The Balaban J connectivity index is 2.41. The van der Waals surface area contributed by atoms with Crippen molar-refractivity contribution in [3.63, 3.8) is 0 Å². The normalized spacial score (nSPS) is 19.6. The highest BCUT2D eigenvalue weighted by Gasteiger charge is 2.37. The summed E-state index contributed by atoms with van der Waals surface area (Å²) in [5.41, 5.74) is 1.70. The molecular weight excluding hydrogens is 218 g/mol. The lowest BCUT2D eigenvalue weighted by Gasteiger charge is -2.20. The first-order valence-electron chi connectivity index (χ1n) is 5.31. The lowest BCUT2D eigenvalue weighted by atomic mass is 10.1. The molecule has 0 saturated carbocycles. The molecule has 2 amide bonds. The van der Waals surface area contributed by atoms with Crippen LogP contribution in [-0.2, 0) is 7.05 Å². The lowest BCUT2D eigenvalue weighted by Crippen LogP contribution is -2.30. The molecule has 6 heteroatoms. The average Bonchev–Trinajstić information content (AvgIpc) is 2.69. The number of carbonyl (C=O) groups excluding carboxylic acids is 1. The van der Waals surface area contributed by atoms with E-state index in [9.17, 15) is 4.79 Å². The van der Waals surface area contributed by atoms with Crippen molar-refractivity contribution in [1.82, 2.24) is 20.0 Å². The van der Waals surface area contributed by atoms with Crippen LogP contribution in [0.5, 0.6) is 0 Å². The summed E-state index contributed by atoms with van der Waals surface area (Å²) < 4.78 is 1.69. The van der Waals surface area contributed by atoms with Crippen LogP contribution in [0.3, 0.4) is 0 Å². The van der Waals surface area contributed by atoms with Gasteiger partial charge in [0.1, 0.15) is 11.9 Å². The fourth-order valence-corrected chi connectivity index (χ4v) is 2.07. The maximum atomic E-state index is 11.7. The van der Waals surface area contributed by atoms with E-state index < -0.39 is 0 Å². The van der Waals surface area contributed by atoms with E-state index in [4.69, 9.17) is 5.41 Å². The van der Waals surface area contributed by atoms with E-state index in [2.05, 4.69) is 17.0 Å². The Morgan fingerprint density at radius 1 is 1.71 bits per heavy atom. The molecule has 1 atom stereocenters. The third kappa shape index (κ3) is 1.82. The second-order valence-corrected chi connectivity index (χ2v) is 4.03. The molecule has 1 aliphatic rings. The van der Waals surface area contributed by atoms with Gasteiger partial charge in [-0.1, -0.05) is 6.08 Å². The van der Waals surface area contributed by atoms with Gasteiger partial charge in [-0.05, 0) is 6.92 Å². The van der Waals surface area contributed by atoms with Gasteiger partial charge in [0.15, 0.2) is 0 Å². The van der Waals surface area contributed by atoms with Crippen molar-refractivity contribution in [1.29, 1.82) is 5.41 Å². The first kappa shape index (κ1) is 11.4. The van der Waals surface area contributed by atoms with Crippen LogP contribution in [0, 0.1) is 12.3 Å². The maximum absolute atomic E-state index is 11.7. The minimum atomic E-state index is -0.380. The Bertz CT molecular complexity index is 490. The van der Waals surface area contributed by atoms with E-state index in [0.29, 0.717) is 6.54 Å². The lowest BCUT2D eigenvalue weighted by molar-refractivity contribution is 0.211. The van der Waals surface area contributed by atoms with E-state index in [0.717, 1.165) is 11.3 Å². The van der Waals surface area contributed by atoms with Gasteiger partial charge in [0.25, 0.3) is 0 Å². The average molecular weight is 233 g/mol. The van der Waals surface area contributed by atoms with Crippen molar-refractivity contribution in [3.8, 4) is 0 Å². The second-order valence-electron chi connectivity index (χ2n) is 4.03. The Kier molecular flexibility index (Phi) is 2.71. The number of urea groups is 1. The number of nitrogens with zero attached hydrogens (tertiary/aromatic N) is 3. The van der Waals surface area contributed by atoms with Crippen molar-refractivity contribution < 1.29 is 4.79 Å². The molecule has 1 aliphatic heterocycles. The minimum absolute atomic E-state index is 0.188. The SMILES string of the molecule is C=CCN1C(=O)NC(=N)C1c1cn(C)nc1C. The molecule has 2 heterocycles. The molecule has 1 fully saturated rings. The van der Waals surface area contributed by atoms with Gasteiger partial charge in [-0.25, -0.2) is 4.79 Å². The van der Waals surface area contributed by atoms with Gasteiger partial charge >= 0.3 is 6.03 Å². The zero-order valence-electron chi connectivity index (χ0n) is 9.90. The summed E-state index contributed by atoms with van der Waals surface area (Å²) in [6.45, 7) is 5.91. The van der Waals surface area contributed by atoms with E-state index in [1.165, 1.54) is 0 Å². The number of rotatable bonds is 3. The topological polar surface area (TPSA) is 74.0 Å². The Morgan fingerprint density at radius 2 is 2.41 bits per heavy atom. The van der Waals surface area contributed by atoms with Crippen LogP contribution in [0.4, 0.5) is 4.79 Å². The number of aryl methyl sites for hydroxylation is 2. The molecule has 17 heavy (non-hydrogen) atoms. The molecule has 0 aliphatic carbocycles. The van der Waals surface area contributed by atoms with Gasteiger partial charge < -0.3 is 4.90 Å². The van der Waals surface area contributed by atoms with Crippen LogP contribution in [0.1, 0.15) is 17.3 Å². The number of hydrogen-bond acceptors (Lipinski definition) is 3. The van der Waals surface area contributed by atoms with Gasteiger partial charge in [-0.3, -0.25) is 15.4 Å². The highest BCUT2D eigenvalue weighted by molar-refractivity contribution is 6.06. The summed E-state index contributed by atoms with van der Waals surface area (Å²) in [7, 11) is 1.82. The first-order chi connectivity index (χ1) is 8.04. The monoisotopic (exact) mass is 233 g/mol. The summed E-state index contributed by atoms with van der Waals surface area (Å²) in [4.78, 5) is 13.2. The van der Waals surface area contributed by atoms with Crippen molar-refractivity contribution in [3.05, 3.63) is 30.1 Å². The van der Waals surface area contributed by atoms with E-state index in [-0.39, 0.29) is 17.9 Å². The number of aromatic nitrogens is 2. The number of hydrogen-bond donors (Lipinski definition) is 2. The highest BCUT2D eigenvalue weighted by atomic mass is 16.2. The molecule has 2 N–H and O–H groups in total. The molecule has 0 aromatic carbocycles. The first-order valence-corrected chi connectivity index (χ1v) is 5.31. The Morgan fingerprint density at radius 3 is 2.94 bits per heavy atom. The third-order valence-corrected chi connectivity index (χ3v) is 2.76. The van der Waals surface area contributed by atoms with E-state index >= 15 is 0 Å². The van der Waals surface area contributed by atoms with Crippen LogP contribution in [0.15, 0.2) is 18.9 Å². The van der Waals surface area contributed by atoms with E-state index in [1.54, 1.807) is 15.7 Å². The Labute approximate surface area is 99.4 Å². The summed E-state index contributed by atoms with van der Waals surface area (Å²) in [5, 5.41) is 14.6. The van der Waals surface area contributed by atoms with E-state index in [1.807, 2.05) is 20.2 Å². The van der Waals surface area contributed by atoms with Gasteiger partial charge in [-0.2, -0.15) is 5.10 Å². The zero-order valence-corrected chi connectivity index (χ0v) is 9.90. The molecule has 0 spiro atoms. The summed E-state index contributed by atoms with van der Waals surface area (Å²) >= 11 is 0. The molecule has 1 unspecified atom stereocenters. The zero-order chi connectivity index (χ0) is 12.6. The molecule has 0 radical (unpaired) electrons. The predicted molar refractivity (Wildman–Crippen MR) is 63.8 cm³/mol. The molecule has 90 valence electrons.